The lowest BCUT2D eigenvalue weighted by atomic mass is 10.4. The normalized spacial score (nSPS) is 10.9. The van der Waals surface area contributed by atoms with Crippen LogP contribution in [0.2, 0.25) is 0 Å². The lowest BCUT2D eigenvalue weighted by Gasteiger charge is -2.04. The third-order valence-corrected chi connectivity index (χ3v) is 3.46. The number of nitrogens with one attached hydrogen (secondary N) is 1. The van der Waals surface area contributed by atoms with Crippen molar-refractivity contribution in [1.82, 2.24) is 19.9 Å². The first kappa shape index (κ1) is 11.3. The van der Waals surface area contributed by atoms with Gasteiger partial charge < -0.3 is 9.88 Å². The van der Waals surface area contributed by atoms with Crippen LogP contribution in [-0.4, -0.2) is 21.1 Å². The average molecular weight is 236 g/mol. The maximum absolute atomic E-state index is 4.40. The molecule has 2 aromatic rings. The van der Waals surface area contributed by atoms with Crippen LogP contribution >= 0.6 is 11.3 Å². The first-order valence-electron chi connectivity index (χ1n) is 5.35. The molecule has 5 heteroatoms. The Labute approximate surface area is 99.4 Å². The number of thiazole rings is 1. The fraction of sp³-hybridized carbons (Fsp3) is 0.455. The predicted octanol–water partition coefficient (Wildman–Crippen LogP) is 1.75. The first-order valence-corrected chi connectivity index (χ1v) is 6.16. The van der Waals surface area contributed by atoms with E-state index in [4.69, 9.17) is 0 Å². The Bertz CT molecular complexity index is 433. The van der Waals surface area contributed by atoms with Crippen molar-refractivity contribution in [2.75, 3.05) is 6.54 Å². The van der Waals surface area contributed by atoms with E-state index in [1.54, 1.807) is 17.5 Å². The van der Waals surface area contributed by atoms with Crippen LogP contribution in [-0.2, 0) is 13.1 Å². The molecule has 1 N–H and O–H groups in total. The van der Waals surface area contributed by atoms with E-state index in [2.05, 4.69) is 26.8 Å². The van der Waals surface area contributed by atoms with Gasteiger partial charge in [0.05, 0.1) is 17.0 Å². The Balaban J connectivity index is 1.74. The van der Waals surface area contributed by atoms with Crippen LogP contribution in [0.1, 0.15) is 15.6 Å². The molecule has 0 aromatic carbocycles. The van der Waals surface area contributed by atoms with E-state index >= 15 is 0 Å². The Morgan fingerprint density at radius 2 is 2.31 bits per heavy atom. The maximum atomic E-state index is 4.40. The second kappa shape index (κ2) is 5.23. The molecule has 2 heterocycles. The number of imidazole rings is 1. The molecule has 86 valence electrons. The van der Waals surface area contributed by atoms with Gasteiger partial charge in [0.15, 0.2) is 0 Å². The molecule has 0 unspecified atom stereocenters. The summed E-state index contributed by atoms with van der Waals surface area (Å²) >= 11 is 1.77. The lowest BCUT2D eigenvalue weighted by molar-refractivity contribution is 0.599. The van der Waals surface area contributed by atoms with Gasteiger partial charge in [-0.1, -0.05) is 0 Å². The van der Waals surface area contributed by atoms with Crippen LogP contribution < -0.4 is 5.32 Å². The van der Waals surface area contributed by atoms with Crippen LogP contribution in [0.25, 0.3) is 0 Å². The van der Waals surface area contributed by atoms with Gasteiger partial charge in [0.1, 0.15) is 0 Å². The molecule has 0 amide bonds. The molecule has 16 heavy (non-hydrogen) atoms. The van der Waals surface area contributed by atoms with Gasteiger partial charge in [-0.2, -0.15) is 0 Å². The molecule has 0 radical (unpaired) electrons. The van der Waals surface area contributed by atoms with Crippen molar-refractivity contribution in [3.8, 4) is 0 Å². The fourth-order valence-electron chi connectivity index (χ4n) is 1.57. The van der Waals surface area contributed by atoms with Crippen molar-refractivity contribution in [3.63, 3.8) is 0 Å². The summed E-state index contributed by atoms with van der Waals surface area (Å²) in [7, 11) is 0. The number of hydrogen-bond donors (Lipinski definition) is 1. The molecule has 2 rings (SSSR count). The zero-order valence-corrected chi connectivity index (χ0v) is 10.4. The van der Waals surface area contributed by atoms with Crippen molar-refractivity contribution in [1.29, 1.82) is 0 Å². The molecule has 2 aromatic heterocycles. The summed E-state index contributed by atoms with van der Waals surface area (Å²) in [6.07, 6.45) is 5.62. The third-order valence-electron chi connectivity index (χ3n) is 2.39. The number of hydrogen-bond acceptors (Lipinski definition) is 4. The molecular formula is C11H16N4S. The highest BCUT2D eigenvalue weighted by Gasteiger charge is 2.03. The van der Waals surface area contributed by atoms with Gasteiger partial charge in [0.2, 0.25) is 0 Å². The fourth-order valence-corrected chi connectivity index (χ4v) is 2.47. The highest BCUT2D eigenvalue weighted by molar-refractivity contribution is 7.11. The van der Waals surface area contributed by atoms with Crippen molar-refractivity contribution < 1.29 is 0 Å². The average Bonchev–Trinajstić information content (AvgIpc) is 2.84. The van der Waals surface area contributed by atoms with Gasteiger partial charge in [-0.25, -0.2) is 9.97 Å². The smallest absolute Gasteiger partial charge is 0.0946 e. The van der Waals surface area contributed by atoms with Crippen LogP contribution in [0.4, 0.5) is 0 Å². The summed E-state index contributed by atoms with van der Waals surface area (Å²) in [5.41, 5.74) is 1.15. The van der Waals surface area contributed by atoms with Crippen LogP contribution in [0, 0.1) is 13.8 Å². The highest BCUT2D eigenvalue weighted by atomic mass is 32.1. The van der Waals surface area contributed by atoms with Crippen LogP contribution in [0.15, 0.2) is 18.7 Å². The molecule has 0 bridgehead atoms. The van der Waals surface area contributed by atoms with Crippen molar-refractivity contribution in [3.05, 3.63) is 34.3 Å². The zero-order chi connectivity index (χ0) is 11.4. The van der Waals surface area contributed by atoms with E-state index in [0.717, 1.165) is 30.3 Å². The van der Waals surface area contributed by atoms with E-state index in [1.807, 2.05) is 19.4 Å². The second-order valence-electron chi connectivity index (χ2n) is 3.72. The summed E-state index contributed by atoms with van der Waals surface area (Å²) in [6.45, 7) is 6.93. The molecule has 4 nitrogen and oxygen atoms in total. The standard InChI is InChI=1S/C11H16N4S/c1-9-11(16-10(2)14-9)7-12-3-5-15-6-4-13-8-15/h4,6,8,12H,3,5,7H2,1-2H3. The molecule has 0 saturated heterocycles. The van der Waals surface area contributed by atoms with E-state index in [0.29, 0.717) is 0 Å². The summed E-state index contributed by atoms with van der Waals surface area (Å²) < 4.78 is 2.07. The number of nitrogens with zero attached hydrogens (tertiary/aromatic N) is 3. The Hall–Kier alpha value is -1.20. The Morgan fingerprint density at radius 1 is 1.44 bits per heavy atom. The molecule has 0 aliphatic rings. The van der Waals surface area contributed by atoms with Gasteiger partial charge in [-0.15, -0.1) is 11.3 Å². The Morgan fingerprint density at radius 3 is 2.94 bits per heavy atom. The van der Waals surface area contributed by atoms with E-state index < -0.39 is 0 Å². The van der Waals surface area contributed by atoms with Crippen LogP contribution in [0.5, 0.6) is 0 Å². The van der Waals surface area contributed by atoms with Crippen molar-refractivity contribution in [2.24, 2.45) is 0 Å². The first-order chi connectivity index (χ1) is 7.75. The Kier molecular flexibility index (Phi) is 3.69. The molecule has 0 aliphatic heterocycles. The summed E-state index contributed by atoms with van der Waals surface area (Å²) in [5, 5.41) is 4.56. The van der Waals surface area contributed by atoms with Gasteiger partial charge in [-0.05, 0) is 13.8 Å². The minimum absolute atomic E-state index is 0.909. The quantitative estimate of drug-likeness (QED) is 0.804. The molecule has 0 fully saturated rings. The predicted molar refractivity (Wildman–Crippen MR) is 65.5 cm³/mol. The highest BCUT2D eigenvalue weighted by Crippen LogP contribution is 2.16. The summed E-state index contributed by atoms with van der Waals surface area (Å²) in [5.74, 6) is 0. The molecular weight excluding hydrogens is 220 g/mol. The van der Waals surface area contributed by atoms with Gasteiger partial charge in [0, 0.05) is 36.9 Å². The monoisotopic (exact) mass is 236 g/mol. The minimum Gasteiger partial charge on any atom is -0.336 e. The van der Waals surface area contributed by atoms with Crippen molar-refractivity contribution >= 4 is 11.3 Å². The largest absolute Gasteiger partial charge is 0.336 e. The van der Waals surface area contributed by atoms with Gasteiger partial charge in [0.25, 0.3) is 0 Å². The molecule has 0 aliphatic carbocycles. The summed E-state index contributed by atoms with van der Waals surface area (Å²) in [4.78, 5) is 9.74. The number of aryl methyl sites for hydroxylation is 2. The number of aromatic nitrogens is 3. The number of rotatable bonds is 5. The topological polar surface area (TPSA) is 42.7 Å². The minimum atomic E-state index is 0.909. The summed E-state index contributed by atoms with van der Waals surface area (Å²) in [6, 6.07) is 0. The molecule has 0 saturated carbocycles. The maximum Gasteiger partial charge on any atom is 0.0946 e. The second-order valence-corrected chi connectivity index (χ2v) is 5.01. The van der Waals surface area contributed by atoms with Gasteiger partial charge in [-0.3, -0.25) is 0 Å². The zero-order valence-electron chi connectivity index (χ0n) is 9.60. The van der Waals surface area contributed by atoms with Gasteiger partial charge >= 0.3 is 0 Å². The van der Waals surface area contributed by atoms with E-state index in [-0.39, 0.29) is 0 Å². The third kappa shape index (κ3) is 2.90. The lowest BCUT2D eigenvalue weighted by Crippen LogP contribution is -2.18. The van der Waals surface area contributed by atoms with Crippen LogP contribution in [0.3, 0.4) is 0 Å². The molecule has 0 atom stereocenters. The van der Waals surface area contributed by atoms with E-state index in [9.17, 15) is 0 Å². The van der Waals surface area contributed by atoms with Crippen molar-refractivity contribution in [2.45, 2.75) is 26.9 Å². The van der Waals surface area contributed by atoms with E-state index in [1.165, 1.54) is 4.88 Å². The molecule has 0 spiro atoms. The SMILES string of the molecule is Cc1nc(C)c(CNCCn2ccnc2)s1.